The van der Waals surface area contributed by atoms with Crippen molar-refractivity contribution in [3.63, 3.8) is 0 Å². The predicted molar refractivity (Wildman–Crippen MR) is 65.2 cm³/mol. The average molecular weight is 222 g/mol. The summed E-state index contributed by atoms with van der Waals surface area (Å²) in [5, 5.41) is 10.1. The average Bonchev–Trinajstić information content (AvgIpc) is 2.24. The third kappa shape index (κ3) is 2.56. The molecular weight excluding hydrogens is 204 g/mol. The summed E-state index contributed by atoms with van der Waals surface area (Å²) in [5.74, 6) is 0. The maximum atomic E-state index is 10.1. The number of benzene rings is 1. The Morgan fingerprint density at radius 1 is 1.27 bits per heavy atom. The van der Waals surface area contributed by atoms with Gasteiger partial charge in [0.1, 0.15) is 0 Å². The number of aliphatic hydroxyl groups excluding tert-OH is 1. The summed E-state index contributed by atoms with van der Waals surface area (Å²) in [6.07, 6.45) is 4.33. The van der Waals surface area contributed by atoms with Crippen molar-refractivity contribution < 1.29 is 5.11 Å². The van der Waals surface area contributed by atoms with E-state index in [1.807, 2.05) is 17.8 Å². The summed E-state index contributed by atoms with van der Waals surface area (Å²) in [6, 6.07) is 10.4. The number of aliphatic hydroxyl groups is 1. The first-order chi connectivity index (χ1) is 7.21. The van der Waals surface area contributed by atoms with Crippen LogP contribution in [0, 0.1) is 0 Å². The Morgan fingerprint density at radius 2 is 2.00 bits per heavy atom. The van der Waals surface area contributed by atoms with Crippen molar-refractivity contribution in [2.24, 2.45) is 0 Å². The lowest BCUT2D eigenvalue weighted by Crippen LogP contribution is -2.38. The summed E-state index contributed by atoms with van der Waals surface area (Å²) in [6.45, 7) is 2.19. The highest BCUT2D eigenvalue weighted by Crippen LogP contribution is 2.43. The van der Waals surface area contributed by atoms with Gasteiger partial charge in [-0.2, -0.15) is 0 Å². The number of hydrogen-bond acceptors (Lipinski definition) is 2. The van der Waals surface area contributed by atoms with Crippen molar-refractivity contribution in [3.05, 3.63) is 30.3 Å². The van der Waals surface area contributed by atoms with Gasteiger partial charge < -0.3 is 5.11 Å². The normalized spacial score (nSPS) is 31.5. The molecule has 1 nitrogen and oxygen atoms in total. The van der Waals surface area contributed by atoms with Gasteiger partial charge in [0.05, 0.1) is 6.10 Å². The fourth-order valence-corrected chi connectivity index (χ4v) is 3.49. The van der Waals surface area contributed by atoms with Crippen molar-refractivity contribution >= 4 is 11.8 Å². The zero-order valence-corrected chi connectivity index (χ0v) is 9.96. The molecule has 1 aliphatic carbocycles. The molecule has 0 aromatic heterocycles. The van der Waals surface area contributed by atoms with Gasteiger partial charge in [-0.25, -0.2) is 0 Å². The Kier molecular flexibility index (Phi) is 3.37. The van der Waals surface area contributed by atoms with Gasteiger partial charge in [-0.1, -0.05) is 31.0 Å². The Bertz CT molecular complexity index is 312. The third-order valence-electron chi connectivity index (χ3n) is 3.20. The minimum atomic E-state index is -0.156. The van der Waals surface area contributed by atoms with Crippen molar-refractivity contribution in [3.8, 4) is 0 Å². The number of rotatable bonds is 2. The van der Waals surface area contributed by atoms with Crippen molar-refractivity contribution in [1.82, 2.24) is 0 Å². The van der Waals surface area contributed by atoms with Crippen LogP contribution in [0.4, 0.5) is 0 Å². The summed E-state index contributed by atoms with van der Waals surface area (Å²) in [4.78, 5) is 1.26. The second-order valence-electron chi connectivity index (χ2n) is 4.49. The Balaban J connectivity index is 2.09. The second-order valence-corrected chi connectivity index (χ2v) is 6.10. The minimum Gasteiger partial charge on any atom is -0.392 e. The quantitative estimate of drug-likeness (QED) is 0.826. The molecule has 1 N–H and O–H groups in total. The zero-order valence-electron chi connectivity index (χ0n) is 9.15. The molecule has 0 heterocycles. The number of thioether (sulfide) groups is 1. The molecule has 82 valence electrons. The Labute approximate surface area is 95.9 Å². The minimum absolute atomic E-state index is 0.0135. The number of hydrogen-bond donors (Lipinski definition) is 1. The van der Waals surface area contributed by atoms with Crippen molar-refractivity contribution in [2.45, 2.75) is 48.4 Å². The van der Waals surface area contributed by atoms with Crippen molar-refractivity contribution in [2.75, 3.05) is 0 Å². The summed E-state index contributed by atoms with van der Waals surface area (Å²) in [5.41, 5.74) is 0. The Morgan fingerprint density at radius 3 is 2.67 bits per heavy atom. The van der Waals surface area contributed by atoms with Gasteiger partial charge in [-0.05, 0) is 31.9 Å². The van der Waals surface area contributed by atoms with Crippen LogP contribution in [0.1, 0.15) is 32.6 Å². The highest BCUT2D eigenvalue weighted by molar-refractivity contribution is 8.00. The SMILES string of the molecule is CC1(Sc2ccccc2)CCCCC1O. The maximum Gasteiger partial charge on any atom is 0.0687 e. The van der Waals surface area contributed by atoms with Crippen LogP contribution in [0.5, 0.6) is 0 Å². The van der Waals surface area contributed by atoms with Crippen LogP contribution in [0.15, 0.2) is 35.2 Å². The third-order valence-corrected chi connectivity index (χ3v) is 4.65. The van der Waals surface area contributed by atoms with E-state index in [4.69, 9.17) is 0 Å². The largest absolute Gasteiger partial charge is 0.392 e. The summed E-state index contributed by atoms with van der Waals surface area (Å²) < 4.78 is 0.0135. The molecule has 0 aliphatic heterocycles. The molecule has 2 heteroatoms. The van der Waals surface area contributed by atoms with Gasteiger partial charge in [0.15, 0.2) is 0 Å². The molecule has 0 spiro atoms. The van der Waals surface area contributed by atoms with E-state index in [-0.39, 0.29) is 10.9 Å². The van der Waals surface area contributed by atoms with Crippen LogP contribution in [0.25, 0.3) is 0 Å². The highest BCUT2D eigenvalue weighted by atomic mass is 32.2. The molecule has 1 fully saturated rings. The molecule has 1 aliphatic rings. The lowest BCUT2D eigenvalue weighted by Gasteiger charge is -2.37. The fourth-order valence-electron chi connectivity index (χ4n) is 2.16. The molecule has 0 saturated heterocycles. The standard InChI is InChI=1S/C13H18OS/c1-13(10-6-5-9-12(13)14)15-11-7-3-2-4-8-11/h2-4,7-8,12,14H,5-6,9-10H2,1H3. The Hall–Kier alpha value is -0.470. The molecule has 2 rings (SSSR count). The molecule has 0 amide bonds. The van der Waals surface area contributed by atoms with Crippen LogP contribution in [-0.4, -0.2) is 16.0 Å². The second kappa shape index (κ2) is 4.58. The van der Waals surface area contributed by atoms with E-state index < -0.39 is 0 Å². The molecule has 15 heavy (non-hydrogen) atoms. The molecule has 2 atom stereocenters. The molecule has 1 aromatic carbocycles. The van der Waals surface area contributed by atoms with E-state index in [1.54, 1.807) is 0 Å². The van der Waals surface area contributed by atoms with E-state index in [2.05, 4.69) is 31.2 Å². The lowest BCUT2D eigenvalue weighted by molar-refractivity contribution is 0.0982. The molecule has 2 unspecified atom stereocenters. The van der Waals surface area contributed by atoms with Gasteiger partial charge in [0, 0.05) is 9.64 Å². The zero-order chi connectivity index (χ0) is 10.7. The smallest absolute Gasteiger partial charge is 0.0687 e. The molecule has 0 radical (unpaired) electrons. The van der Waals surface area contributed by atoms with E-state index in [0.29, 0.717) is 0 Å². The van der Waals surface area contributed by atoms with Crippen LogP contribution in [0.3, 0.4) is 0 Å². The van der Waals surface area contributed by atoms with Crippen LogP contribution in [-0.2, 0) is 0 Å². The van der Waals surface area contributed by atoms with Crippen molar-refractivity contribution in [1.29, 1.82) is 0 Å². The predicted octanol–water partition coefficient (Wildman–Crippen LogP) is 3.47. The van der Waals surface area contributed by atoms with Gasteiger partial charge in [-0.3, -0.25) is 0 Å². The fraction of sp³-hybridized carbons (Fsp3) is 0.538. The monoisotopic (exact) mass is 222 g/mol. The first-order valence-corrected chi connectivity index (χ1v) is 6.44. The van der Waals surface area contributed by atoms with Crippen LogP contribution < -0.4 is 0 Å². The first-order valence-electron chi connectivity index (χ1n) is 5.63. The van der Waals surface area contributed by atoms with Gasteiger partial charge in [0.2, 0.25) is 0 Å². The van der Waals surface area contributed by atoms with E-state index in [9.17, 15) is 5.11 Å². The highest BCUT2D eigenvalue weighted by Gasteiger charge is 2.36. The summed E-state index contributed by atoms with van der Waals surface area (Å²) >= 11 is 1.82. The van der Waals surface area contributed by atoms with Gasteiger partial charge in [-0.15, -0.1) is 11.8 Å². The van der Waals surface area contributed by atoms with Gasteiger partial charge >= 0.3 is 0 Å². The molecule has 1 aromatic rings. The topological polar surface area (TPSA) is 20.2 Å². The lowest BCUT2D eigenvalue weighted by atomic mass is 9.87. The molecular formula is C13H18OS. The van der Waals surface area contributed by atoms with Crippen LogP contribution in [0.2, 0.25) is 0 Å². The molecule has 1 saturated carbocycles. The van der Waals surface area contributed by atoms with Gasteiger partial charge in [0.25, 0.3) is 0 Å². The molecule has 0 bridgehead atoms. The van der Waals surface area contributed by atoms with Crippen LogP contribution >= 0.6 is 11.8 Å². The first kappa shape index (κ1) is 11.0. The van der Waals surface area contributed by atoms with E-state index >= 15 is 0 Å². The van der Waals surface area contributed by atoms with E-state index in [0.717, 1.165) is 12.8 Å². The summed E-state index contributed by atoms with van der Waals surface area (Å²) in [7, 11) is 0. The van der Waals surface area contributed by atoms with E-state index in [1.165, 1.54) is 17.7 Å². The maximum absolute atomic E-state index is 10.1.